The van der Waals surface area contributed by atoms with Crippen LogP contribution in [-0.4, -0.2) is 17.1 Å². The molecule has 0 saturated heterocycles. The van der Waals surface area contributed by atoms with Crippen molar-refractivity contribution < 1.29 is 0 Å². The third-order valence-electron chi connectivity index (χ3n) is 7.31. The van der Waals surface area contributed by atoms with E-state index in [9.17, 15) is 0 Å². The fourth-order valence-corrected chi connectivity index (χ4v) is 8.29. The summed E-state index contributed by atoms with van der Waals surface area (Å²) in [5, 5.41) is 5.40. The minimum Gasteiger partial charge on any atom is -0.312 e. The second-order valence-corrected chi connectivity index (χ2v) is 12.9. The summed E-state index contributed by atoms with van der Waals surface area (Å²) in [5.41, 5.74) is 6.89. The summed E-state index contributed by atoms with van der Waals surface area (Å²) < 4.78 is 2.53. The number of allylic oxidation sites excluding steroid dienone is 4. The molecule has 5 aromatic rings. The van der Waals surface area contributed by atoms with Gasteiger partial charge in [0.25, 0.3) is 0 Å². The van der Waals surface area contributed by atoms with Crippen LogP contribution < -0.4 is 0 Å². The Labute approximate surface area is 190 Å². The molecule has 0 bridgehead atoms. The SMILES string of the molecule is CS1(C)c2ccccc2-c2cc3c(ccc4c5ccccc5n(C5=CC=CCC5)c34)cc21. The van der Waals surface area contributed by atoms with Gasteiger partial charge in [-0.05, 0) is 72.2 Å². The van der Waals surface area contributed by atoms with Crippen LogP contribution >= 0.6 is 10.0 Å². The summed E-state index contributed by atoms with van der Waals surface area (Å²) in [6.45, 7) is 0. The summed E-state index contributed by atoms with van der Waals surface area (Å²) in [6, 6.07) is 27.5. The molecular formula is C30H25NS. The number of rotatable bonds is 1. The molecule has 0 spiro atoms. The number of benzene rings is 4. The summed E-state index contributed by atoms with van der Waals surface area (Å²) in [7, 11) is -0.992. The van der Waals surface area contributed by atoms with Gasteiger partial charge in [0.2, 0.25) is 0 Å². The first-order valence-corrected chi connectivity index (χ1v) is 13.8. The van der Waals surface area contributed by atoms with E-state index in [-0.39, 0.29) is 0 Å². The molecular weight excluding hydrogens is 406 g/mol. The first kappa shape index (κ1) is 18.4. The van der Waals surface area contributed by atoms with Crippen LogP contribution in [0.5, 0.6) is 0 Å². The van der Waals surface area contributed by atoms with Crippen LogP contribution in [0.3, 0.4) is 0 Å². The summed E-state index contributed by atoms with van der Waals surface area (Å²) in [6.07, 6.45) is 13.8. The van der Waals surface area contributed by atoms with Crippen LogP contribution in [0.15, 0.2) is 101 Å². The molecule has 1 aliphatic carbocycles. The van der Waals surface area contributed by atoms with Gasteiger partial charge in [0.1, 0.15) is 0 Å². The van der Waals surface area contributed by atoms with E-state index in [0.717, 1.165) is 12.8 Å². The second kappa shape index (κ2) is 6.40. The van der Waals surface area contributed by atoms with Crippen molar-refractivity contribution in [2.24, 2.45) is 0 Å². The van der Waals surface area contributed by atoms with Crippen LogP contribution in [-0.2, 0) is 0 Å². The zero-order valence-electron chi connectivity index (χ0n) is 18.4. The fourth-order valence-electron chi connectivity index (χ4n) is 5.77. The standard InChI is InChI=1S/C30H25NS/c1-32(2)28-15-9-7-13-23(28)26-19-25-20(18-29(26)32)16-17-24-22-12-6-8-14-27(22)31(30(24)25)21-10-4-3-5-11-21/h3-4,6-10,12-19H,5,11H2,1-2H3. The van der Waals surface area contributed by atoms with Gasteiger partial charge in [-0.2, -0.15) is 10.0 Å². The van der Waals surface area contributed by atoms with Crippen LogP contribution in [0.4, 0.5) is 0 Å². The Hall–Kier alpha value is -3.23. The molecule has 2 heterocycles. The monoisotopic (exact) mass is 431 g/mol. The number of aromatic nitrogens is 1. The first-order valence-electron chi connectivity index (χ1n) is 11.3. The Bertz CT molecular complexity index is 1640. The highest BCUT2D eigenvalue weighted by Crippen LogP contribution is 2.67. The molecule has 0 unspecified atom stereocenters. The molecule has 0 atom stereocenters. The lowest BCUT2D eigenvalue weighted by Crippen LogP contribution is -1.99. The van der Waals surface area contributed by atoms with Crippen molar-refractivity contribution in [3.8, 4) is 11.1 Å². The van der Waals surface area contributed by atoms with E-state index in [1.54, 1.807) is 0 Å². The molecule has 1 aliphatic heterocycles. The Morgan fingerprint density at radius 1 is 0.750 bits per heavy atom. The molecule has 0 fully saturated rings. The van der Waals surface area contributed by atoms with Gasteiger partial charge in [0, 0.05) is 31.6 Å². The maximum Gasteiger partial charge on any atom is 0.0616 e. The smallest absolute Gasteiger partial charge is 0.0616 e. The molecule has 0 saturated carbocycles. The summed E-state index contributed by atoms with van der Waals surface area (Å²) in [4.78, 5) is 3.04. The van der Waals surface area contributed by atoms with Gasteiger partial charge in [0.15, 0.2) is 0 Å². The summed E-state index contributed by atoms with van der Waals surface area (Å²) in [5.74, 6) is 0. The van der Waals surface area contributed by atoms with Gasteiger partial charge in [-0.15, -0.1) is 0 Å². The lowest BCUT2D eigenvalue weighted by Gasteiger charge is -2.28. The quantitative estimate of drug-likeness (QED) is 0.250. The van der Waals surface area contributed by atoms with Crippen LogP contribution in [0, 0.1) is 0 Å². The highest BCUT2D eigenvalue weighted by Gasteiger charge is 2.32. The molecule has 0 radical (unpaired) electrons. The van der Waals surface area contributed by atoms with Crippen LogP contribution in [0.2, 0.25) is 0 Å². The van der Waals surface area contributed by atoms with Crippen LogP contribution in [0.1, 0.15) is 12.8 Å². The van der Waals surface area contributed by atoms with E-state index in [1.165, 1.54) is 59.2 Å². The van der Waals surface area contributed by atoms with Crippen molar-refractivity contribution in [2.45, 2.75) is 22.6 Å². The van der Waals surface area contributed by atoms with Gasteiger partial charge in [-0.1, -0.05) is 60.7 Å². The molecule has 7 rings (SSSR count). The van der Waals surface area contributed by atoms with Gasteiger partial charge in [-0.25, -0.2) is 0 Å². The lowest BCUT2D eigenvalue weighted by atomic mass is 9.99. The number of nitrogens with zero attached hydrogens (tertiary/aromatic N) is 1. The van der Waals surface area contributed by atoms with E-state index in [4.69, 9.17) is 0 Å². The molecule has 156 valence electrons. The minimum atomic E-state index is -0.992. The topological polar surface area (TPSA) is 4.93 Å². The third-order valence-corrected chi connectivity index (χ3v) is 10.2. The molecule has 2 aliphatic rings. The van der Waals surface area contributed by atoms with Gasteiger partial charge in [0.05, 0.1) is 11.0 Å². The zero-order chi connectivity index (χ0) is 21.4. The van der Waals surface area contributed by atoms with Crippen molar-refractivity contribution in [1.29, 1.82) is 0 Å². The molecule has 1 nitrogen and oxygen atoms in total. The van der Waals surface area contributed by atoms with Crippen molar-refractivity contribution in [3.63, 3.8) is 0 Å². The van der Waals surface area contributed by atoms with E-state index < -0.39 is 10.0 Å². The third kappa shape index (κ3) is 2.31. The van der Waals surface area contributed by atoms with Crippen molar-refractivity contribution in [3.05, 3.63) is 91.0 Å². The minimum absolute atomic E-state index is 0.992. The van der Waals surface area contributed by atoms with Crippen molar-refractivity contribution in [1.82, 2.24) is 4.57 Å². The van der Waals surface area contributed by atoms with Crippen molar-refractivity contribution >= 4 is 48.3 Å². The molecule has 32 heavy (non-hydrogen) atoms. The molecule has 2 heteroatoms. The lowest BCUT2D eigenvalue weighted by molar-refractivity contribution is 0.980. The zero-order valence-corrected chi connectivity index (χ0v) is 19.2. The normalized spacial score (nSPS) is 17.5. The molecule has 0 N–H and O–H groups in total. The number of hydrogen-bond donors (Lipinski definition) is 0. The first-order chi connectivity index (χ1) is 15.6. The number of hydrogen-bond acceptors (Lipinski definition) is 0. The Balaban J connectivity index is 1.66. The molecule has 4 aromatic carbocycles. The van der Waals surface area contributed by atoms with Gasteiger partial charge in [-0.3, -0.25) is 0 Å². The number of para-hydroxylation sites is 1. The van der Waals surface area contributed by atoms with E-state index in [1.807, 2.05) is 0 Å². The maximum absolute atomic E-state index is 2.53. The van der Waals surface area contributed by atoms with Gasteiger partial charge >= 0.3 is 0 Å². The predicted molar refractivity (Wildman–Crippen MR) is 141 cm³/mol. The average Bonchev–Trinajstić information content (AvgIpc) is 3.29. The Kier molecular flexibility index (Phi) is 3.67. The summed E-state index contributed by atoms with van der Waals surface area (Å²) >= 11 is 0. The highest BCUT2D eigenvalue weighted by atomic mass is 32.3. The van der Waals surface area contributed by atoms with E-state index >= 15 is 0 Å². The largest absolute Gasteiger partial charge is 0.312 e. The maximum atomic E-state index is 2.53. The van der Waals surface area contributed by atoms with E-state index in [0.29, 0.717) is 0 Å². The van der Waals surface area contributed by atoms with E-state index in [2.05, 4.69) is 108 Å². The number of fused-ring (bicyclic) bond motifs is 8. The Morgan fingerprint density at radius 2 is 1.59 bits per heavy atom. The van der Waals surface area contributed by atoms with Crippen LogP contribution in [0.25, 0.3) is 49.4 Å². The predicted octanol–water partition coefficient (Wildman–Crippen LogP) is 8.60. The fraction of sp³-hybridized carbons (Fsp3) is 0.133. The van der Waals surface area contributed by atoms with Gasteiger partial charge < -0.3 is 4.57 Å². The molecule has 0 amide bonds. The molecule has 1 aromatic heterocycles. The van der Waals surface area contributed by atoms with Crippen molar-refractivity contribution in [2.75, 3.05) is 12.5 Å². The second-order valence-electron chi connectivity index (χ2n) is 9.33. The Morgan fingerprint density at radius 3 is 2.47 bits per heavy atom. The average molecular weight is 432 g/mol. The highest BCUT2D eigenvalue weighted by molar-refractivity contribution is 8.33.